The maximum atomic E-state index is 4.74. The van der Waals surface area contributed by atoms with Gasteiger partial charge in [0.25, 0.3) is 0 Å². The molecule has 2 heterocycles. The molecule has 0 saturated carbocycles. The van der Waals surface area contributed by atoms with Gasteiger partial charge in [0.1, 0.15) is 6.26 Å². The minimum atomic E-state index is 0.718. The summed E-state index contributed by atoms with van der Waals surface area (Å²) in [5, 5.41) is 10.4. The smallest absolute Gasteiger partial charge is 0.124 e. The lowest BCUT2D eigenvalue weighted by atomic mass is 10.4. The second-order valence-corrected chi connectivity index (χ2v) is 4.12. The van der Waals surface area contributed by atoms with Crippen LogP contribution in [0.4, 0.5) is 0 Å². The largest absolute Gasteiger partial charge is 0.364 e. The third-order valence-electron chi connectivity index (χ3n) is 2.01. The quantitative estimate of drug-likeness (QED) is 0.842. The van der Waals surface area contributed by atoms with E-state index in [0.717, 1.165) is 30.9 Å². The van der Waals surface area contributed by atoms with Crippen LogP contribution in [0.5, 0.6) is 0 Å². The minimum absolute atomic E-state index is 0.718. The summed E-state index contributed by atoms with van der Waals surface area (Å²) in [6, 6.07) is 1.85. The van der Waals surface area contributed by atoms with Gasteiger partial charge < -0.3 is 9.84 Å². The highest BCUT2D eigenvalue weighted by molar-refractivity contribution is 7.09. The Balaban J connectivity index is 1.78. The summed E-state index contributed by atoms with van der Waals surface area (Å²) < 4.78 is 4.74. The van der Waals surface area contributed by atoms with E-state index in [-0.39, 0.29) is 0 Å². The lowest BCUT2D eigenvalue weighted by molar-refractivity contribution is 0.408. The molecule has 2 aromatic heterocycles. The highest BCUT2D eigenvalue weighted by atomic mass is 32.1. The summed E-state index contributed by atoms with van der Waals surface area (Å²) in [4.78, 5) is 4.46. The molecule has 1 N–H and O–H groups in total. The standard InChI is InChI=1S/C10H13N3OS/c1-2-10-12-9(7-15-10)6-11-5-8-3-4-14-13-8/h3-4,7,11H,2,5-6H2,1H3. The summed E-state index contributed by atoms with van der Waals surface area (Å²) in [6.45, 7) is 3.62. The van der Waals surface area contributed by atoms with Crippen LogP contribution >= 0.6 is 11.3 Å². The molecule has 0 aliphatic carbocycles. The molecule has 5 heteroatoms. The highest BCUT2D eigenvalue weighted by Crippen LogP contribution is 2.09. The molecule has 0 amide bonds. The molecular weight excluding hydrogens is 210 g/mol. The van der Waals surface area contributed by atoms with Crippen LogP contribution in [0.25, 0.3) is 0 Å². The van der Waals surface area contributed by atoms with Crippen molar-refractivity contribution in [2.24, 2.45) is 0 Å². The maximum Gasteiger partial charge on any atom is 0.124 e. The van der Waals surface area contributed by atoms with Gasteiger partial charge in [0.05, 0.1) is 16.4 Å². The van der Waals surface area contributed by atoms with Gasteiger partial charge >= 0.3 is 0 Å². The number of nitrogens with one attached hydrogen (secondary N) is 1. The van der Waals surface area contributed by atoms with Crippen LogP contribution in [0.3, 0.4) is 0 Å². The molecule has 0 saturated heterocycles. The summed E-state index contributed by atoms with van der Waals surface area (Å²) in [5.74, 6) is 0. The number of aromatic nitrogens is 2. The monoisotopic (exact) mass is 223 g/mol. The van der Waals surface area contributed by atoms with Gasteiger partial charge in [-0.1, -0.05) is 12.1 Å². The van der Waals surface area contributed by atoms with Gasteiger partial charge in [0.15, 0.2) is 0 Å². The van der Waals surface area contributed by atoms with E-state index in [0.29, 0.717) is 0 Å². The van der Waals surface area contributed by atoms with Crippen LogP contribution in [-0.2, 0) is 19.5 Å². The fraction of sp³-hybridized carbons (Fsp3) is 0.400. The Bertz CT molecular complexity index is 396. The lowest BCUT2D eigenvalue weighted by Gasteiger charge is -1.98. The molecule has 0 atom stereocenters. The van der Waals surface area contributed by atoms with E-state index in [2.05, 4.69) is 27.8 Å². The molecule has 80 valence electrons. The first-order valence-electron chi connectivity index (χ1n) is 4.91. The van der Waals surface area contributed by atoms with Gasteiger partial charge in [-0.15, -0.1) is 11.3 Å². The topological polar surface area (TPSA) is 51.0 Å². The van der Waals surface area contributed by atoms with E-state index in [1.807, 2.05) is 6.07 Å². The van der Waals surface area contributed by atoms with Crippen LogP contribution in [0.1, 0.15) is 23.3 Å². The molecule has 0 radical (unpaired) electrons. The third-order valence-corrected chi connectivity index (χ3v) is 3.05. The van der Waals surface area contributed by atoms with E-state index in [1.54, 1.807) is 17.6 Å². The number of hydrogen-bond acceptors (Lipinski definition) is 5. The van der Waals surface area contributed by atoms with Crippen molar-refractivity contribution in [2.45, 2.75) is 26.4 Å². The molecule has 0 spiro atoms. The predicted molar refractivity (Wildman–Crippen MR) is 58.5 cm³/mol. The number of rotatable bonds is 5. The molecule has 0 bridgehead atoms. The minimum Gasteiger partial charge on any atom is -0.364 e. The maximum absolute atomic E-state index is 4.74. The predicted octanol–water partition coefficient (Wildman–Crippen LogP) is 1.98. The highest BCUT2D eigenvalue weighted by Gasteiger charge is 2.00. The first-order valence-corrected chi connectivity index (χ1v) is 5.79. The third kappa shape index (κ3) is 2.87. The van der Waals surface area contributed by atoms with Gasteiger partial charge in [0.2, 0.25) is 0 Å². The van der Waals surface area contributed by atoms with Crippen LogP contribution in [0, 0.1) is 0 Å². The number of hydrogen-bond donors (Lipinski definition) is 1. The molecule has 0 fully saturated rings. The first kappa shape index (κ1) is 10.3. The number of nitrogens with zero attached hydrogens (tertiary/aromatic N) is 2. The van der Waals surface area contributed by atoms with Crippen LogP contribution in [0.2, 0.25) is 0 Å². The fourth-order valence-corrected chi connectivity index (χ4v) is 1.98. The molecule has 0 unspecified atom stereocenters. The van der Waals surface area contributed by atoms with Crippen LogP contribution < -0.4 is 5.32 Å². The second-order valence-electron chi connectivity index (χ2n) is 3.18. The number of thiazole rings is 1. The zero-order chi connectivity index (χ0) is 10.5. The Labute approximate surface area is 92.3 Å². The molecule has 0 aliphatic heterocycles. The Hall–Kier alpha value is -1.20. The van der Waals surface area contributed by atoms with Crippen molar-refractivity contribution in [1.82, 2.24) is 15.5 Å². The lowest BCUT2D eigenvalue weighted by Crippen LogP contribution is -2.13. The van der Waals surface area contributed by atoms with Gasteiger partial charge in [-0.05, 0) is 6.42 Å². The molecule has 0 aromatic carbocycles. The van der Waals surface area contributed by atoms with Crippen molar-refractivity contribution in [1.29, 1.82) is 0 Å². The molecular formula is C10H13N3OS. The molecule has 15 heavy (non-hydrogen) atoms. The van der Waals surface area contributed by atoms with Crippen molar-refractivity contribution in [3.8, 4) is 0 Å². The normalized spacial score (nSPS) is 10.7. The van der Waals surface area contributed by atoms with E-state index in [1.165, 1.54) is 5.01 Å². The Kier molecular flexibility index (Phi) is 3.47. The van der Waals surface area contributed by atoms with Gasteiger partial charge in [-0.25, -0.2) is 4.98 Å². The average molecular weight is 223 g/mol. The Morgan fingerprint density at radius 1 is 1.40 bits per heavy atom. The zero-order valence-electron chi connectivity index (χ0n) is 8.56. The van der Waals surface area contributed by atoms with E-state index in [9.17, 15) is 0 Å². The van der Waals surface area contributed by atoms with E-state index in [4.69, 9.17) is 4.52 Å². The van der Waals surface area contributed by atoms with Crippen molar-refractivity contribution in [3.63, 3.8) is 0 Å². The molecule has 2 rings (SSSR count). The molecule has 4 nitrogen and oxygen atoms in total. The van der Waals surface area contributed by atoms with Crippen molar-refractivity contribution < 1.29 is 4.52 Å². The summed E-state index contributed by atoms with van der Waals surface area (Å²) in [5.41, 5.74) is 2.02. The molecule has 0 aliphatic rings. The zero-order valence-corrected chi connectivity index (χ0v) is 9.38. The van der Waals surface area contributed by atoms with E-state index >= 15 is 0 Å². The summed E-state index contributed by atoms with van der Waals surface area (Å²) >= 11 is 1.71. The van der Waals surface area contributed by atoms with E-state index < -0.39 is 0 Å². The number of aryl methyl sites for hydroxylation is 1. The Morgan fingerprint density at radius 3 is 2.93 bits per heavy atom. The van der Waals surface area contributed by atoms with Crippen molar-refractivity contribution in [3.05, 3.63) is 34.1 Å². The van der Waals surface area contributed by atoms with Gasteiger partial charge in [-0.3, -0.25) is 0 Å². The summed E-state index contributed by atoms with van der Waals surface area (Å²) in [6.07, 6.45) is 2.59. The van der Waals surface area contributed by atoms with Crippen LogP contribution in [0.15, 0.2) is 22.2 Å². The first-order chi connectivity index (χ1) is 7.38. The SMILES string of the molecule is CCc1nc(CNCc2ccon2)cs1. The van der Waals surface area contributed by atoms with Gasteiger partial charge in [-0.2, -0.15) is 0 Å². The molecule has 2 aromatic rings. The average Bonchev–Trinajstić information content (AvgIpc) is 2.88. The Morgan fingerprint density at radius 2 is 2.27 bits per heavy atom. The second kappa shape index (κ2) is 5.04. The van der Waals surface area contributed by atoms with Crippen molar-refractivity contribution in [2.75, 3.05) is 0 Å². The summed E-state index contributed by atoms with van der Waals surface area (Å²) in [7, 11) is 0. The van der Waals surface area contributed by atoms with Gasteiger partial charge in [0, 0.05) is 24.5 Å². The van der Waals surface area contributed by atoms with Crippen LogP contribution in [-0.4, -0.2) is 10.1 Å². The fourth-order valence-electron chi connectivity index (χ4n) is 1.24. The van der Waals surface area contributed by atoms with Crippen molar-refractivity contribution >= 4 is 11.3 Å².